The van der Waals surface area contributed by atoms with Crippen molar-refractivity contribution in [3.05, 3.63) is 95.8 Å². The second-order valence-corrected chi connectivity index (χ2v) is 9.51. The molecule has 2 aliphatic rings. The predicted octanol–water partition coefficient (Wildman–Crippen LogP) is 4.53. The maximum atomic E-state index is 13.4. The smallest absolute Gasteiger partial charge is 0.240 e. The summed E-state index contributed by atoms with van der Waals surface area (Å²) in [5, 5.41) is 0. The van der Waals surface area contributed by atoms with E-state index in [0.29, 0.717) is 18.7 Å². The molecule has 2 atom stereocenters. The van der Waals surface area contributed by atoms with Gasteiger partial charge in [0.25, 0.3) is 0 Å². The largest absolute Gasteiger partial charge is 0.342 e. The molecule has 5 rings (SSSR count). The number of halogens is 1. The van der Waals surface area contributed by atoms with Crippen LogP contribution in [-0.4, -0.2) is 47.7 Å². The number of likely N-dealkylation sites (N-methyl/N-ethyl adjacent to an activating group) is 1. The first-order chi connectivity index (χ1) is 16.9. The Bertz CT molecular complexity index is 1260. The van der Waals surface area contributed by atoms with Gasteiger partial charge in [-0.3, -0.25) is 19.3 Å². The number of imide groups is 1. The third-order valence-corrected chi connectivity index (χ3v) is 7.42. The molecule has 0 bridgehead atoms. The van der Waals surface area contributed by atoms with Crippen LogP contribution in [0.2, 0.25) is 0 Å². The lowest BCUT2D eigenvalue weighted by Gasteiger charge is -2.29. The van der Waals surface area contributed by atoms with E-state index in [1.54, 1.807) is 17.0 Å². The summed E-state index contributed by atoms with van der Waals surface area (Å²) in [5.41, 5.74) is 2.54. The fraction of sp³-hybridized carbons (Fsp3) is 0.276. The number of carbonyl (C=O) groups is 3. The number of carbonyl (C=O) groups excluding carboxylic acids is 3. The molecule has 2 aliphatic heterocycles. The van der Waals surface area contributed by atoms with Crippen LogP contribution >= 0.6 is 0 Å². The van der Waals surface area contributed by atoms with Crippen molar-refractivity contribution in [2.24, 2.45) is 0 Å². The lowest BCUT2D eigenvalue weighted by molar-refractivity contribution is -0.141. The summed E-state index contributed by atoms with van der Waals surface area (Å²) in [7, 11) is 1.48. The lowest BCUT2D eigenvalue weighted by Crippen LogP contribution is -2.42. The van der Waals surface area contributed by atoms with E-state index >= 15 is 0 Å². The number of hydrogen-bond acceptors (Lipinski definition) is 3. The molecule has 3 amide bonds. The first-order valence-electron chi connectivity index (χ1n) is 11.9. The van der Waals surface area contributed by atoms with Crippen molar-refractivity contribution in [1.29, 1.82) is 0 Å². The fourth-order valence-corrected chi connectivity index (χ4v) is 5.33. The molecule has 35 heavy (non-hydrogen) atoms. The summed E-state index contributed by atoms with van der Waals surface area (Å²) in [6.07, 6.45) is 0.708. The Labute approximate surface area is 204 Å². The number of likely N-dealkylation sites (tertiary alicyclic amines) is 2. The van der Waals surface area contributed by atoms with E-state index in [1.165, 1.54) is 19.2 Å². The first-order valence-corrected chi connectivity index (χ1v) is 11.9. The van der Waals surface area contributed by atoms with Crippen molar-refractivity contribution in [2.75, 3.05) is 20.1 Å². The molecule has 5 nitrogen and oxygen atoms in total. The van der Waals surface area contributed by atoms with Gasteiger partial charge in [0.15, 0.2) is 0 Å². The molecule has 2 saturated heterocycles. The Kier molecular flexibility index (Phi) is 5.97. The summed E-state index contributed by atoms with van der Waals surface area (Å²) in [6.45, 7) is 1.09. The van der Waals surface area contributed by atoms with Gasteiger partial charge in [-0.15, -0.1) is 0 Å². The molecule has 6 heteroatoms. The Hall–Kier alpha value is -3.80. The van der Waals surface area contributed by atoms with Crippen LogP contribution in [-0.2, 0) is 19.8 Å². The maximum absolute atomic E-state index is 13.4. The topological polar surface area (TPSA) is 57.7 Å². The van der Waals surface area contributed by atoms with Crippen LogP contribution < -0.4 is 0 Å². The molecule has 0 aliphatic carbocycles. The Morgan fingerprint density at radius 2 is 1.60 bits per heavy atom. The zero-order chi connectivity index (χ0) is 24.6. The van der Waals surface area contributed by atoms with Gasteiger partial charge in [0.2, 0.25) is 17.7 Å². The quantitative estimate of drug-likeness (QED) is 0.515. The highest BCUT2D eigenvalue weighted by molar-refractivity contribution is 6.10. The third-order valence-electron chi connectivity index (χ3n) is 7.42. The van der Waals surface area contributed by atoms with Gasteiger partial charge in [-0.2, -0.15) is 0 Å². The number of amides is 3. The van der Waals surface area contributed by atoms with E-state index in [2.05, 4.69) is 0 Å². The SMILES string of the molecule is CN1C(=O)C[C@@](CC(=O)N2CC[C@@H](c3ccc(F)cc3)C2)(c2ccc(-c3ccccc3)cc2)C1=O. The summed E-state index contributed by atoms with van der Waals surface area (Å²) in [6, 6.07) is 23.9. The summed E-state index contributed by atoms with van der Waals surface area (Å²) in [4.78, 5) is 42.3. The van der Waals surface area contributed by atoms with Crippen LogP contribution in [0.15, 0.2) is 78.9 Å². The molecule has 3 aromatic rings. The number of hydrogen-bond donors (Lipinski definition) is 0. The van der Waals surface area contributed by atoms with Crippen LogP contribution in [0, 0.1) is 5.82 Å². The first kappa shape index (κ1) is 23.0. The maximum Gasteiger partial charge on any atom is 0.240 e. The van der Waals surface area contributed by atoms with Crippen LogP contribution in [0.4, 0.5) is 4.39 Å². The zero-order valence-corrected chi connectivity index (χ0v) is 19.6. The Morgan fingerprint density at radius 1 is 0.943 bits per heavy atom. The fourth-order valence-electron chi connectivity index (χ4n) is 5.33. The molecule has 0 spiro atoms. The molecular weight excluding hydrogens is 443 g/mol. The normalized spacial score (nSPS) is 22.2. The predicted molar refractivity (Wildman–Crippen MR) is 131 cm³/mol. The Balaban J connectivity index is 1.39. The van der Waals surface area contributed by atoms with Gasteiger partial charge in [-0.05, 0) is 40.8 Å². The van der Waals surface area contributed by atoms with Crippen molar-refractivity contribution in [3.8, 4) is 11.1 Å². The van der Waals surface area contributed by atoms with E-state index < -0.39 is 5.41 Å². The number of benzene rings is 3. The summed E-state index contributed by atoms with van der Waals surface area (Å²) < 4.78 is 13.3. The summed E-state index contributed by atoms with van der Waals surface area (Å²) in [5.74, 6) is -0.908. The molecular formula is C29H27FN2O3. The van der Waals surface area contributed by atoms with Crippen molar-refractivity contribution in [1.82, 2.24) is 9.80 Å². The molecule has 0 saturated carbocycles. The minimum atomic E-state index is -1.20. The molecule has 3 aromatic carbocycles. The van der Waals surface area contributed by atoms with Gasteiger partial charge in [0.1, 0.15) is 5.82 Å². The molecule has 0 N–H and O–H groups in total. The van der Waals surface area contributed by atoms with Crippen LogP contribution in [0.5, 0.6) is 0 Å². The van der Waals surface area contributed by atoms with Crippen molar-refractivity contribution in [2.45, 2.75) is 30.6 Å². The highest BCUT2D eigenvalue weighted by Gasteiger charge is 2.53. The zero-order valence-electron chi connectivity index (χ0n) is 19.6. The monoisotopic (exact) mass is 470 g/mol. The Morgan fingerprint density at radius 3 is 2.23 bits per heavy atom. The van der Waals surface area contributed by atoms with Crippen molar-refractivity contribution < 1.29 is 18.8 Å². The van der Waals surface area contributed by atoms with Gasteiger partial charge in [-0.1, -0.05) is 66.7 Å². The van der Waals surface area contributed by atoms with Crippen LogP contribution in [0.25, 0.3) is 11.1 Å². The number of nitrogens with zero attached hydrogens (tertiary/aromatic N) is 2. The van der Waals surface area contributed by atoms with Gasteiger partial charge in [-0.25, -0.2) is 4.39 Å². The van der Waals surface area contributed by atoms with Gasteiger partial charge in [0, 0.05) is 38.9 Å². The van der Waals surface area contributed by atoms with Crippen molar-refractivity contribution in [3.63, 3.8) is 0 Å². The molecule has 0 unspecified atom stereocenters. The molecule has 178 valence electrons. The van der Waals surface area contributed by atoms with Crippen LogP contribution in [0.1, 0.15) is 36.3 Å². The van der Waals surface area contributed by atoms with Crippen molar-refractivity contribution >= 4 is 17.7 Å². The second kappa shape index (κ2) is 9.10. The standard InChI is InChI=1S/C29H27FN2O3/c1-31-26(33)17-29(28(31)35,24-11-7-21(8-12-24)20-5-3-2-4-6-20)18-27(34)32-16-15-23(19-32)22-9-13-25(30)14-10-22/h2-14,23H,15-19H2,1H3/t23-,29-/m1/s1. The minimum absolute atomic E-state index is 0.0199. The molecule has 2 heterocycles. The van der Waals surface area contributed by atoms with Crippen LogP contribution in [0.3, 0.4) is 0 Å². The van der Waals surface area contributed by atoms with E-state index in [1.807, 2.05) is 54.6 Å². The van der Waals surface area contributed by atoms with Gasteiger partial charge in [0.05, 0.1) is 5.41 Å². The second-order valence-electron chi connectivity index (χ2n) is 9.51. The molecule has 0 aromatic heterocycles. The summed E-state index contributed by atoms with van der Waals surface area (Å²) >= 11 is 0. The van der Waals surface area contributed by atoms with E-state index in [0.717, 1.165) is 28.0 Å². The molecule has 2 fully saturated rings. The highest BCUT2D eigenvalue weighted by atomic mass is 19.1. The van der Waals surface area contributed by atoms with Gasteiger partial charge < -0.3 is 4.90 Å². The van der Waals surface area contributed by atoms with E-state index in [9.17, 15) is 18.8 Å². The van der Waals surface area contributed by atoms with E-state index in [4.69, 9.17) is 0 Å². The average molecular weight is 471 g/mol. The lowest BCUT2D eigenvalue weighted by atomic mass is 9.75. The molecule has 0 radical (unpaired) electrons. The van der Waals surface area contributed by atoms with Gasteiger partial charge >= 0.3 is 0 Å². The third kappa shape index (κ3) is 4.25. The highest BCUT2D eigenvalue weighted by Crippen LogP contribution is 2.41. The number of rotatable bonds is 5. The average Bonchev–Trinajstić information content (AvgIpc) is 3.46. The minimum Gasteiger partial charge on any atom is -0.342 e. The van der Waals surface area contributed by atoms with E-state index in [-0.39, 0.29) is 42.3 Å².